The van der Waals surface area contributed by atoms with Crippen molar-refractivity contribution in [2.45, 2.75) is 23.2 Å². The van der Waals surface area contributed by atoms with Crippen LogP contribution in [0.5, 0.6) is 5.75 Å². The first-order valence-electron chi connectivity index (χ1n) is 8.70. The second-order valence-electron chi connectivity index (χ2n) is 6.39. The number of anilines is 1. The highest BCUT2D eigenvalue weighted by Gasteiger charge is 2.20. The molecule has 1 aromatic heterocycles. The molecular formula is C19H19ClN2O3S2. The number of rotatable bonds is 5. The number of nitrogens with one attached hydrogen (secondary N) is 2. The molecule has 3 aromatic rings. The van der Waals surface area contributed by atoms with Gasteiger partial charge in [0.05, 0.1) is 10.0 Å². The Balaban J connectivity index is 1.67. The zero-order valence-corrected chi connectivity index (χ0v) is 16.8. The van der Waals surface area contributed by atoms with Crippen molar-refractivity contribution in [3.05, 3.63) is 52.9 Å². The maximum absolute atomic E-state index is 12.7. The van der Waals surface area contributed by atoms with E-state index in [1.807, 2.05) is 30.3 Å². The summed E-state index contributed by atoms with van der Waals surface area (Å²) in [7, 11) is -3.69. The summed E-state index contributed by atoms with van der Waals surface area (Å²) < 4.78 is 34.8. The molecule has 0 saturated carbocycles. The van der Waals surface area contributed by atoms with E-state index in [0.29, 0.717) is 10.0 Å². The standard InChI is InChI=1S/C19H19ClN2O3S2/c20-18-7-8-19(26-18)27(23,24)22-16-5-6-17(15-4-2-1-3-14(15)16)25-13-9-11-21-12-10-13/h1-8,13,21-22H,9-12H2. The number of benzene rings is 2. The molecule has 1 fully saturated rings. The van der Waals surface area contributed by atoms with Crippen LogP contribution in [0.15, 0.2) is 52.7 Å². The Kier molecular flexibility index (Phi) is 5.27. The summed E-state index contributed by atoms with van der Waals surface area (Å²) in [6.45, 7) is 1.90. The van der Waals surface area contributed by atoms with E-state index in [2.05, 4.69) is 10.0 Å². The molecule has 0 bridgehead atoms. The van der Waals surface area contributed by atoms with E-state index in [0.717, 1.165) is 53.8 Å². The summed E-state index contributed by atoms with van der Waals surface area (Å²) in [5, 5.41) is 5.02. The van der Waals surface area contributed by atoms with E-state index in [9.17, 15) is 8.42 Å². The van der Waals surface area contributed by atoms with Crippen molar-refractivity contribution < 1.29 is 13.2 Å². The van der Waals surface area contributed by atoms with Crippen molar-refractivity contribution in [2.24, 2.45) is 0 Å². The lowest BCUT2D eigenvalue weighted by Gasteiger charge is -2.25. The zero-order valence-electron chi connectivity index (χ0n) is 14.4. The Morgan fingerprint density at radius 1 is 1.04 bits per heavy atom. The van der Waals surface area contributed by atoms with E-state index < -0.39 is 10.0 Å². The number of hydrogen-bond donors (Lipinski definition) is 2. The molecule has 0 atom stereocenters. The van der Waals surface area contributed by atoms with E-state index >= 15 is 0 Å². The highest BCUT2D eigenvalue weighted by Crippen LogP contribution is 2.35. The average Bonchev–Trinajstić information content (AvgIpc) is 3.12. The van der Waals surface area contributed by atoms with Crippen molar-refractivity contribution >= 4 is 49.4 Å². The predicted molar refractivity (Wildman–Crippen MR) is 111 cm³/mol. The summed E-state index contributed by atoms with van der Waals surface area (Å²) in [5.74, 6) is 0.777. The van der Waals surface area contributed by atoms with Gasteiger partial charge in [0.15, 0.2) is 0 Å². The molecule has 0 spiro atoms. The summed E-state index contributed by atoms with van der Waals surface area (Å²) >= 11 is 6.91. The Bertz CT molecular complexity index is 1060. The molecule has 0 aliphatic carbocycles. The van der Waals surface area contributed by atoms with Crippen LogP contribution in [0, 0.1) is 0 Å². The number of fused-ring (bicyclic) bond motifs is 1. The molecular weight excluding hydrogens is 404 g/mol. The monoisotopic (exact) mass is 422 g/mol. The lowest BCUT2D eigenvalue weighted by atomic mass is 10.1. The number of sulfonamides is 1. The van der Waals surface area contributed by atoms with E-state index in [4.69, 9.17) is 16.3 Å². The molecule has 4 rings (SSSR count). The molecule has 2 heterocycles. The van der Waals surface area contributed by atoms with Crippen LogP contribution in [0.2, 0.25) is 4.34 Å². The molecule has 2 aromatic carbocycles. The van der Waals surface area contributed by atoms with Crippen LogP contribution in [0.25, 0.3) is 10.8 Å². The molecule has 5 nitrogen and oxygen atoms in total. The number of ether oxygens (including phenoxy) is 1. The van der Waals surface area contributed by atoms with Crippen LogP contribution in [-0.4, -0.2) is 27.6 Å². The largest absolute Gasteiger partial charge is 0.490 e. The lowest BCUT2D eigenvalue weighted by molar-refractivity contribution is 0.164. The smallest absolute Gasteiger partial charge is 0.271 e. The molecule has 1 saturated heterocycles. The average molecular weight is 423 g/mol. The van der Waals surface area contributed by atoms with Gasteiger partial charge in [-0.3, -0.25) is 4.72 Å². The third-order valence-corrected chi connectivity index (χ3v) is 7.61. The van der Waals surface area contributed by atoms with Crippen LogP contribution in [0.3, 0.4) is 0 Å². The second kappa shape index (κ2) is 7.67. The van der Waals surface area contributed by atoms with E-state index in [-0.39, 0.29) is 10.3 Å². The van der Waals surface area contributed by atoms with Gasteiger partial charge < -0.3 is 10.1 Å². The summed E-state index contributed by atoms with van der Waals surface area (Å²) in [5.41, 5.74) is 0.521. The maximum Gasteiger partial charge on any atom is 0.271 e. The van der Waals surface area contributed by atoms with Gasteiger partial charge in [0.2, 0.25) is 0 Å². The zero-order chi connectivity index (χ0) is 18.9. The van der Waals surface area contributed by atoms with Gasteiger partial charge in [-0.25, -0.2) is 8.42 Å². The number of halogens is 1. The number of piperidine rings is 1. The molecule has 8 heteroatoms. The Morgan fingerprint density at radius 2 is 1.78 bits per heavy atom. The Hall–Kier alpha value is -1.80. The van der Waals surface area contributed by atoms with Crippen LogP contribution in [0.1, 0.15) is 12.8 Å². The predicted octanol–water partition coefficient (Wildman–Crippen LogP) is 4.49. The van der Waals surface area contributed by atoms with Gasteiger partial charge in [-0.15, -0.1) is 11.3 Å². The van der Waals surface area contributed by atoms with Crippen molar-refractivity contribution in [3.8, 4) is 5.75 Å². The van der Waals surface area contributed by atoms with Crippen molar-refractivity contribution in [1.82, 2.24) is 5.32 Å². The highest BCUT2D eigenvalue weighted by molar-refractivity contribution is 7.94. The molecule has 0 unspecified atom stereocenters. The third kappa shape index (κ3) is 4.06. The quantitative estimate of drug-likeness (QED) is 0.635. The lowest BCUT2D eigenvalue weighted by Crippen LogP contribution is -2.34. The topological polar surface area (TPSA) is 67.4 Å². The Labute approximate surface area is 167 Å². The van der Waals surface area contributed by atoms with Crippen LogP contribution in [-0.2, 0) is 10.0 Å². The van der Waals surface area contributed by atoms with Gasteiger partial charge in [-0.05, 0) is 50.2 Å². The minimum Gasteiger partial charge on any atom is -0.490 e. The minimum absolute atomic E-state index is 0.172. The first-order valence-corrected chi connectivity index (χ1v) is 11.4. The fraction of sp³-hybridized carbons (Fsp3) is 0.263. The fourth-order valence-electron chi connectivity index (χ4n) is 3.19. The van der Waals surface area contributed by atoms with Crippen LogP contribution >= 0.6 is 22.9 Å². The first kappa shape index (κ1) is 18.6. The maximum atomic E-state index is 12.7. The van der Waals surface area contributed by atoms with Gasteiger partial charge in [-0.2, -0.15) is 0 Å². The molecule has 142 valence electrons. The summed E-state index contributed by atoms with van der Waals surface area (Å²) in [4.78, 5) is 0. The molecule has 1 aliphatic rings. The SMILES string of the molecule is O=S(=O)(Nc1ccc(OC2CCNCC2)c2ccccc12)c1ccc(Cl)s1. The second-order valence-corrected chi connectivity index (χ2v) is 10.0. The third-order valence-electron chi connectivity index (χ3n) is 4.52. The molecule has 0 amide bonds. The number of hydrogen-bond acceptors (Lipinski definition) is 5. The van der Waals surface area contributed by atoms with Gasteiger partial charge in [-0.1, -0.05) is 35.9 Å². The van der Waals surface area contributed by atoms with Crippen molar-refractivity contribution in [2.75, 3.05) is 17.8 Å². The molecule has 1 aliphatic heterocycles. The van der Waals surface area contributed by atoms with Gasteiger partial charge >= 0.3 is 0 Å². The molecule has 2 N–H and O–H groups in total. The van der Waals surface area contributed by atoms with E-state index in [1.54, 1.807) is 12.1 Å². The highest BCUT2D eigenvalue weighted by atomic mass is 35.5. The van der Waals surface area contributed by atoms with Gasteiger partial charge in [0.1, 0.15) is 16.1 Å². The van der Waals surface area contributed by atoms with Crippen LogP contribution < -0.4 is 14.8 Å². The summed E-state index contributed by atoms with van der Waals surface area (Å²) in [6, 6.07) is 14.3. The van der Waals surface area contributed by atoms with Crippen molar-refractivity contribution in [3.63, 3.8) is 0 Å². The van der Waals surface area contributed by atoms with Gasteiger partial charge in [0, 0.05) is 10.8 Å². The van der Waals surface area contributed by atoms with Crippen molar-refractivity contribution in [1.29, 1.82) is 0 Å². The number of thiophene rings is 1. The minimum atomic E-state index is -3.69. The normalized spacial score (nSPS) is 15.7. The van der Waals surface area contributed by atoms with Crippen LogP contribution in [0.4, 0.5) is 5.69 Å². The fourth-order valence-corrected chi connectivity index (χ4v) is 5.76. The molecule has 0 radical (unpaired) electrons. The summed E-state index contributed by atoms with van der Waals surface area (Å²) in [6.07, 6.45) is 2.09. The first-order chi connectivity index (χ1) is 13.0. The molecule has 27 heavy (non-hydrogen) atoms. The Morgan fingerprint density at radius 3 is 2.48 bits per heavy atom. The van der Waals surface area contributed by atoms with Gasteiger partial charge in [0.25, 0.3) is 10.0 Å². The van der Waals surface area contributed by atoms with E-state index in [1.165, 1.54) is 6.07 Å².